The zero-order chi connectivity index (χ0) is 25.8. The number of carbonyl (C=O) groups excluding carboxylic acids is 1. The van der Waals surface area contributed by atoms with Crippen LogP contribution >= 0.6 is 0 Å². The third kappa shape index (κ3) is 4.47. The predicted octanol–water partition coefficient (Wildman–Crippen LogP) is 5.64. The largest absolute Gasteiger partial charge is 0.444 e. The van der Waals surface area contributed by atoms with Crippen molar-refractivity contribution in [1.82, 2.24) is 18.9 Å². The topological polar surface area (TPSA) is 68.8 Å². The highest BCUT2D eigenvalue weighted by molar-refractivity contribution is 5.89. The van der Waals surface area contributed by atoms with Crippen molar-refractivity contribution in [3.63, 3.8) is 0 Å². The van der Waals surface area contributed by atoms with Crippen LogP contribution in [0.5, 0.6) is 0 Å². The Balaban J connectivity index is 1.43. The molecule has 4 heterocycles. The van der Waals surface area contributed by atoms with E-state index in [1.54, 1.807) is 15.5 Å². The Labute approximate surface area is 209 Å². The van der Waals surface area contributed by atoms with E-state index < -0.39 is 5.60 Å². The van der Waals surface area contributed by atoms with Gasteiger partial charge in [-0.15, -0.1) is 0 Å². The molecule has 0 unspecified atom stereocenters. The third-order valence-electron chi connectivity index (χ3n) is 6.71. The number of pyridine rings is 2. The minimum absolute atomic E-state index is 0.0138. The number of likely N-dealkylation sites (tertiary alicyclic amines) is 1. The van der Waals surface area contributed by atoms with Crippen LogP contribution in [0.15, 0.2) is 47.7 Å². The lowest BCUT2D eigenvalue weighted by Crippen LogP contribution is -2.43. The van der Waals surface area contributed by atoms with E-state index in [9.17, 15) is 14.0 Å². The average molecular weight is 491 g/mol. The molecule has 0 bridgehead atoms. The van der Waals surface area contributed by atoms with Gasteiger partial charge in [0.2, 0.25) is 0 Å². The van der Waals surface area contributed by atoms with Crippen LogP contribution in [0.2, 0.25) is 0 Å². The van der Waals surface area contributed by atoms with Crippen molar-refractivity contribution in [2.24, 2.45) is 0 Å². The molecule has 36 heavy (non-hydrogen) atoms. The molecular formula is C28H31FN4O3. The smallest absolute Gasteiger partial charge is 0.410 e. The molecule has 0 saturated carbocycles. The number of rotatable bonds is 2. The second kappa shape index (κ2) is 8.76. The van der Waals surface area contributed by atoms with Gasteiger partial charge in [-0.2, -0.15) is 0 Å². The van der Waals surface area contributed by atoms with Crippen LogP contribution in [0.4, 0.5) is 9.18 Å². The standard InChI is InChI=1S/C28H31FN4O3/c1-17-14-33(21-8-10-31(11-9-21)27(35)36-28(3,4)5)26(34)22-7-6-19(12-23(17)22)20-13-24(29)25-30-18(2)15-32(25)16-20/h6-7,12-16,21H,8-11H2,1-5H3. The number of fused-ring (bicyclic) bond motifs is 2. The highest BCUT2D eigenvalue weighted by atomic mass is 19.1. The number of aromatic nitrogens is 3. The summed E-state index contributed by atoms with van der Waals surface area (Å²) < 4.78 is 23.6. The zero-order valence-electron chi connectivity index (χ0n) is 21.3. The van der Waals surface area contributed by atoms with Crippen LogP contribution in [0, 0.1) is 19.7 Å². The lowest BCUT2D eigenvalue weighted by Gasteiger charge is -2.34. The van der Waals surface area contributed by atoms with Crippen LogP contribution in [0.3, 0.4) is 0 Å². The second-order valence-corrected chi connectivity index (χ2v) is 10.7. The van der Waals surface area contributed by atoms with Gasteiger partial charge in [0.25, 0.3) is 5.56 Å². The lowest BCUT2D eigenvalue weighted by atomic mass is 9.99. The number of carbonyl (C=O) groups is 1. The maximum absolute atomic E-state index is 14.7. The van der Waals surface area contributed by atoms with Crippen LogP contribution in [0.25, 0.3) is 27.5 Å². The SMILES string of the molecule is Cc1cn2cc(-c3ccc4c(=O)n(C5CCN(C(=O)OC(C)(C)C)CC5)cc(C)c4c3)cc(F)c2n1. The van der Waals surface area contributed by atoms with Gasteiger partial charge in [0.05, 0.1) is 5.69 Å². The van der Waals surface area contributed by atoms with Gasteiger partial charge < -0.3 is 18.6 Å². The van der Waals surface area contributed by atoms with E-state index in [1.165, 1.54) is 6.07 Å². The first-order chi connectivity index (χ1) is 17.0. The van der Waals surface area contributed by atoms with Crippen molar-refractivity contribution in [1.29, 1.82) is 0 Å². The van der Waals surface area contributed by atoms with Gasteiger partial charge >= 0.3 is 6.09 Å². The Bertz CT molecular complexity index is 1540. The molecule has 0 atom stereocenters. The fourth-order valence-electron chi connectivity index (χ4n) is 4.97. The van der Waals surface area contributed by atoms with Crippen molar-refractivity contribution in [2.75, 3.05) is 13.1 Å². The summed E-state index contributed by atoms with van der Waals surface area (Å²) in [5.74, 6) is -0.384. The molecule has 1 saturated heterocycles. The van der Waals surface area contributed by atoms with E-state index in [0.717, 1.165) is 27.8 Å². The molecule has 1 amide bonds. The first-order valence-electron chi connectivity index (χ1n) is 12.3. The lowest BCUT2D eigenvalue weighted by molar-refractivity contribution is 0.0187. The highest BCUT2D eigenvalue weighted by Crippen LogP contribution is 2.29. The molecule has 1 aromatic carbocycles. The van der Waals surface area contributed by atoms with Crippen molar-refractivity contribution >= 4 is 22.5 Å². The summed E-state index contributed by atoms with van der Waals surface area (Å²) in [6.07, 6.45) is 6.62. The Morgan fingerprint density at radius 3 is 2.44 bits per heavy atom. The van der Waals surface area contributed by atoms with Crippen LogP contribution in [-0.2, 0) is 4.74 Å². The number of amides is 1. The Hall–Kier alpha value is -3.68. The summed E-state index contributed by atoms with van der Waals surface area (Å²) in [7, 11) is 0. The molecule has 1 fully saturated rings. The minimum Gasteiger partial charge on any atom is -0.444 e. The fourth-order valence-corrected chi connectivity index (χ4v) is 4.97. The summed E-state index contributed by atoms with van der Waals surface area (Å²) in [6.45, 7) is 10.5. The molecule has 0 radical (unpaired) electrons. The molecule has 8 heteroatoms. The number of halogens is 1. The van der Waals surface area contributed by atoms with Crippen LogP contribution < -0.4 is 5.56 Å². The predicted molar refractivity (Wildman–Crippen MR) is 138 cm³/mol. The van der Waals surface area contributed by atoms with Gasteiger partial charge in [-0.3, -0.25) is 4.79 Å². The number of benzene rings is 1. The monoisotopic (exact) mass is 490 g/mol. The normalized spacial score (nSPS) is 15.1. The molecule has 0 N–H and O–H groups in total. The second-order valence-electron chi connectivity index (χ2n) is 10.7. The molecule has 188 valence electrons. The van der Waals surface area contributed by atoms with E-state index in [0.29, 0.717) is 37.0 Å². The summed E-state index contributed by atoms with van der Waals surface area (Å²) in [5, 5.41) is 1.48. The fraction of sp³-hybridized carbons (Fsp3) is 0.393. The summed E-state index contributed by atoms with van der Waals surface area (Å²) in [6, 6.07) is 7.14. The number of hydrogen-bond donors (Lipinski definition) is 0. The number of hydrogen-bond acceptors (Lipinski definition) is 4. The third-order valence-corrected chi connectivity index (χ3v) is 6.71. The molecule has 3 aromatic heterocycles. The molecule has 1 aliphatic rings. The molecule has 4 aromatic rings. The van der Waals surface area contributed by atoms with Crippen molar-refractivity contribution < 1.29 is 13.9 Å². The molecule has 7 nitrogen and oxygen atoms in total. The van der Waals surface area contributed by atoms with Crippen LogP contribution in [0.1, 0.15) is 50.9 Å². The number of nitrogens with zero attached hydrogens (tertiary/aromatic N) is 4. The van der Waals surface area contributed by atoms with E-state index in [2.05, 4.69) is 4.98 Å². The number of aryl methyl sites for hydroxylation is 2. The van der Waals surface area contributed by atoms with Gasteiger partial charge in [-0.25, -0.2) is 14.2 Å². The van der Waals surface area contributed by atoms with E-state index >= 15 is 0 Å². The summed E-state index contributed by atoms with van der Waals surface area (Å²) >= 11 is 0. The number of ether oxygens (including phenoxy) is 1. The van der Waals surface area contributed by atoms with E-state index in [-0.39, 0.29) is 23.5 Å². The van der Waals surface area contributed by atoms with Gasteiger partial charge in [0.1, 0.15) is 5.60 Å². The van der Waals surface area contributed by atoms with Gasteiger partial charge in [0, 0.05) is 48.7 Å². The Morgan fingerprint density at radius 1 is 1.03 bits per heavy atom. The molecule has 0 spiro atoms. The first kappa shape index (κ1) is 24.0. The van der Waals surface area contributed by atoms with Crippen molar-refractivity contribution in [3.05, 3.63) is 70.3 Å². The summed E-state index contributed by atoms with van der Waals surface area (Å²) in [4.78, 5) is 31.8. The van der Waals surface area contributed by atoms with E-state index in [1.807, 2.05) is 69.8 Å². The molecular weight excluding hydrogens is 459 g/mol. The van der Waals surface area contributed by atoms with Gasteiger partial charge in [-0.05, 0) is 82.2 Å². The van der Waals surface area contributed by atoms with Gasteiger partial charge in [0.15, 0.2) is 11.5 Å². The minimum atomic E-state index is -0.533. The quantitative estimate of drug-likeness (QED) is 0.364. The van der Waals surface area contributed by atoms with Crippen LogP contribution in [-0.4, -0.2) is 43.6 Å². The first-order valence-corrected chi connectivity index (χ1v) is 12.3. The van der Waals surface area contributed by atoms with Crippen molar-refractivity contribution in [3.8, 4) is 11.1 Å². The highest BCUT2D eigenvalue weighted by Gasteiger charge is 2.28. The molecule has 1 aliphatic heterocycles. The van der Waals surface area contributed by atoms with Gasteiger partial charge in [-0.1, -0.05) is 6.07 Å². The summed E-state index contributed by atoms with van der Waals surface area (Å²) in [5.41, 5.74) is 2.99. The Kier molecular flexibility index (Phi) is 5.85. The molecule has 5 rings (SSSR count). The maximum Gasteiger partial charge on any atom is 0.410 e. The van der Waals surface area contributed by atoms with E-state index in [4.69, 9.17) is 4.74 Å². The maximum atomic E-state index is 14.7. The average Bonchev–Trinajstić information content (AvgIpc) is 3.21. The number of piperidine rings is 1. The molecule has 0 aliphatic carbocycles. The van der Waals surface area contributed by atoms with Crippen molar-refractivity contribution in [2.45, 2.75) is 59.1 Å². The zero-order valence-corrected chi connectivity index (χ0v) is 21.3. The Morgan fingerprint density at radius 2 is 1.75 bits per heavy atom. The number of imidazole rings is 1.